The fraction of sp³-hybridized carbons (Fsp3) is 0.281. The number of hydrogen-bond acceptors (Lipinski definition) is 9. The Morgan fingerprint density at radius 3 is 2.68 bits per heavy atom. The summed E-state index contributed by atoms with van der Waals surface area (Å²) in [6, 6.07) is 12.3. The van der Waals surface area contributed by atoms with E-state index >= 15 is 0 Å². The van der Waals surface area contributed by atoms with Crippen LogP contribution in [0.4, 0.5) is 21.6 Å². The van der Waals surface area contributed by atoms with Crippen molar-refractivity contribution in [3.05, 3.63) is 83.9 Å². The van der Waals surface area contributed by atoms with E-state index < -0.39 is 17.3 Å². The molecule has 1 aliphatic rings. The smallest absolute Gasteiger partial charge is 0.247 e. The molecule has 0 saturated carbocycles. The molecule has 10 nitrogen and oxygen atoms in total. The van der Waals surface area contributed by atoms with Gasteiger partial charge in [-0.25, -0.2) is 14.4 Å². The molecule has 44 heavy (non-hydrogen) atoms. The monoisotopic (exact) mass is 621 g/mol. The molecule has 0 bridgehead atoms. The predicted octanol–water partition coefficient (Wildman–Crippen LogP) is 6.02. The van der Waals surface area contributed by atoms with Crippen molar-refractivity contribution in [1.82, 2.24) is 14.9 Å². The van der Waals surface area contributed by atoms with E-state index in [1.165, 1.54) is 30.6 Å². The van der Waals surface area contributed by atoms with E-state index in [-0.39, 0.29) is 16.5 Å². The SMILES string of the molecule is C=CC(=O)Nc1cc2c(Nc3cc(Cl)c(Oc4cccc(F)c4)cc3C(C)(C)O)ncnc2cc1OCCN1CCOCC1. The standard InChI is InChI=1S/C32H33ClFN5O5/c1-4-30(40)37-27-15-22-25(18-29(27)43-13-10-39-8-11-42-12-9-39)35-19-36-31(22)38-26-17-24(33)28(16-23(26)32(2,3)41)44-21-7-5-6-20(34)14-21/h4-7,14-19,41H,1,8-13H2,2-3H3,(H,37,40)(H,35,36,38). The van der Waals surface area contributed by atoms with Crippen molar-refractivity contribution in [3.63, 3.8) is 0 Å². The number of carbonyl (C=O) groups is 1. The van der Waals surface area contributed by atoms with Crippen molar-refractivity contribution in [3.8, 4) is 17.2 Å². The number of anilines is 3. The van der Waals surface area contributed by atoms with Gasteiger partial charge >= 0.3 is 0 Å². The molecule has 0 atom stereocenters. The summed E-state index contributed by atoms with van der Waals surface area (Å²) in [6.07, 6.45) is 2.57. The lowest BCUT2D eigenvalue weighted by Crippen LogP contribution is -2.38. The number of fused-ring (bicyclic) bond motifs is 1. The van der Waals surface area contributed by atoms with Crippen molar-refractivity contribution in [2.75, 3.05) is 50.1 Å². The molecule has 12 heteroatoms. The zero-order valence-corrected chi connectivity index (χ0v) is 25.2. The topological polar surface area (TPSA) is 118 Å². The fourth-order valence-electron chi connectivity index (χ4n) is 4.72. The summed E-state index contributed by atoms with van der Waals surface area (Å²) >= 11 is 6.59. The second kappa shape index (κ2) is 13.6. The summed E-state index contributed by atoms with van der Waals surface area (Å²) in [5.74, 6) is 0.478. The first-order valence-corrected chi connectivity index (χ1v) is 14.4. The van der Waals surface area contributed by atoms with Crippen molar-refractivity contribution < 1.29 is 28.5 Å². The molecule has 0 unspecified atom stereocenters. The minimum atomic E-state index is -1.33. The molecule has 3 aromatic carbocycles. The van der Waals surface area contributed by atoms with Crippen LogP contribution < -0.4 is 20.1 Å². The molecule has 230 valence electrons. The number of hydrogen-bond donors (Lipinski definition) is 3. The molecule has 0 spiro atoms. The first-order valence-electron chi connectivity index (χ1n) is 14.0. The van der Waals surface area contributed by atoms with Gasteiger partial charge < -0.3 is 30.0 Å². The number of halogens is 2. The van der Waals surface area contributed by atoms with Crippen LogP contribution in [0.3, 0.4) is 0 Å². The highest BCUT2D eigenvalue weighted by atomic mass is 35.5. The third-order valence-corrected chi connectivity index (χ3v) is 7.25. The molecule has 1 amide bonds. The summed E-state index contributed by atoms with van der Waals surface area (Å²) in [6.45, 7) is 10.9. The van der Waals surface area contributed by atoms with E-state index in [4.69, 9.17) is 25.8 Å². The Bertz CT molecular complexity index is 1670. The van der Waals surface area contributed by atoms with Crippen LogP contribution in [0, 0.1) is 5.82 Å². The summed E-state index contributed by atoms with van der Waals surface area (Å²) < 4.78 is 31.1. The van der Waals surface area contributed by atoms with Crippen molar-refractivity contribution in [2.24, 2.45) is 0 Å². The number of carbonyl (C=O) groups excluding carboxylic acids is 1. The van der Waals surface area contributed by atoms with Gasteiger partial charge in [-0.3, -0.25) is 9.69 Å². The van der Waals surface area contributed by atoms with Gasteiger partial charge in [-0.15, -0.1) is 0 Å². The highest BCUT2D eigenvalue weighted by Crippen LogP contribution is 2.41. The minimum absolute atomic E-state index is 0.220. The average Bonchev–Trinajstić information content (AvgIpc) is 2.99. The van der Waals surface area contributed by atoms with Gasteiger partial charge in [-0.2, -0.15) is 0 Å². The number of aliphatic hydroxyl groups is 1. The Hall–Kier alpha value is -4.29. The summed E-state index contributed by atoms with van der Waals surface area (Å²) in [5, 5.41) is 17.9. The number of nitrogens with one attached hydrogen (secondary N) is 2. The largest absolute Gasteiger partial charge is 0.490 e. The van der Waals surface area contributed by atoms with Crippen LogP contribution in [0.5, 0.6) is 17.2 Å². The Morgan fingerprint density at radius 2 is 1.95 bits per heavy atom. The highest BCUT2D eigenvalue weighted by Gasteiger charge is 2.24. The summed E-state index contributed by atoms with van der Waals surface area (Å²) in [5.41, 5.74) is 0.546. The second-order valence-electron chi connectivity index (χ2n) is 10.7. The number of morpholine rings is 1. The Morgan fingerprint density at radius 1 is 1.16 bits per heavy atom. The van der Waals surface area contributed by atoms with Crippen LogP contribution in [0.1, 0.15) is 19.4 Å². The Labute approximate surface area is 259 Å². The predicted molar refractivity (Wildman–Crippen MR) is 168 cm³/mol. The molecular weight excluding hydrogens is 589 g/mol. The molecular formula is C32H33ClFN5O5. The molecule has 0 radical (unpaired) electrons. The van der Waals surface area contributed by atoms with Gasteiger partial charge in [-0.1, -0.05) is 24.2 Å². The maximum atomic E-state index is 13.7. The van der Waals surface area contributed by atoms with Crippen LogP contribution in [0.2, 0.25) is 5.02 Å². The highest BCUT2D eigenvalue weighted by molar-refractivity contribution is 6.32. The number of rotatable bonds is 11. The van der Waals surface area contributed by atoms with E-state index in [0.29, 0.717) is 65.8 Å². The number of nitrogens with zero attached hydrogens (tertiary/aromatic N) is 3. The van der Waals surface area contributed by atoms with Gasteiger partial charge in [0.1, 0.15) is 41.8 Å². The van der Waals surface area contributed by atoms with Gasteiger partial charge in [0.25, 0.3) is 0 Å². The number of aromatic nitrogens is 2. The van der Waals surface area contributed by atoms with Gasteiger partial charge in [0.2, 0.25) is 5.91 Å². The third kappa shape index (κ3) is 7.61. The van der Waals surface area contributed by atoms with Gasteiger partial charge in [0, 0.05) is 48.4 Å². The van der Waals surface area contributed by atoms with Gasteiger partial charge in [-0.05, 0) is 50.3 Å². The zero-order chi connectivity index (χ0) is 31.3. The molecule has 1 fully saturated rings. The van der Waals surface area contributed by atoms with Crippen LogP contribution in [-0.2, 0) is 15.1 Å². The lowest BCUT2D eigenvalue weighted by Gasteiger charge is -2.26. The van der Waals surface area contributed by atoms with E-state index in [9.17, 15) is 14.3 Å². The Kier molecular flexibility index (Phi) is 9.60. The number of ether oxygens (including phenoxy) is 3. The lowest BCUT2D eigenvalue weighted by molar-refractivity contribution is -0.111. The first kappa shape index (κ1) is 31.1. The van der Waals surface area contributed by atoms with Crippen LogP contribution in [0.15, 0.2) is 67.5 Å². The number of amides is 1. The van der Waals surface area contributed by atoms with E-state index in [0.717, 1.165) is 13.1 Å². The molecule has 1 saturated heterocycles. The summed E-state index contributed by atoms with van der Waals surface area (Å²) in [4.78, 5) is 23.4. The molecule has 1 aliphatic heterocycles. The van der Waals surface area contributed by atoms with E-state index in [1.807, 2.05) is 0 Å². The molecule has 1 aromatic heterocycles. The minimum Gasteiger partial charge on any atom is -0.490 e. The van der Waals surface area contributed by atoms with E-state index in [2.05, 4.69) is 32.1 Å². The first-order chi connectivity index (χ1) is 21.1. The quantitative estimate of drug-likeness (QED) is 0.173. The maximum Gasteiger partial charge on any atom is 0.247 e. The maximum absolute atomic E-state index is 13.7. The third-order valence-electron chi connectivity index (χ3n) is 6.96. The molecule has 0 aliphatic carbocycles. The Balaban J connectivity index is 1.48. The average molecular weight is 622 g/mol. The molecule has 4 aromatic rings. The van der Waals surface area contributed by atoms with Crippen molar-refractivity contribution in [1.29, 1.82) is 0 Å². The van der Waals surface area contributed by atoms with Crippen LogP contribution >= 0.6 is 11.6 Å². The van der Waals surface area contributed by atoms with Crippen molar-refractivity contribution in [2.45, 2.75) is 19.4 Å². The normalized spacial score (nSPS) is 13.8. The zero-order valence-electron chi connectivity index (χ0n) is 24.4. The number of benzene rings is 3. The fourth-order valence-corrected chi connectivity index (χ4v) is 4.92. The molecule has 2 heterocycles. The van der Waals surface area contributed by atoms with Crippen LogP contribution in [0.25, 0.3) is 10.9 Å². The lowest BCUT2D eigenvalue weighted by atomic mass is 9.96. The molecule has 3 N–H and O–H groups in total. The van der Waals surface area contributed by atoms with Crippen LogP contribution in [-0.4, -0.2) is 65.3 Å². The van der Waals surface area contributed by atoms with Gasteiger partial charge in [0.05, 0.1) is 35.0 Å². The van der Waals surface area contributed by atoms with Crippen molar-refractivity contribution >= 4 is 45.6 Å². The van der Waals surface area contributed by atoms with Gasteiger partial charge in [0.15, 0.2) is 0 Å². The summed E-state index contributed by atoms with van der Waals surface area (Å²) in [7, 11) is 0. The molecule has 5 rings (SSSR count). The van der Waals surface area contributed by atoms with E-state index in [1.54, 1.807) is 44.2 Å². The second-order valence-corrected chi connectivity index (χ2v) is 11.1.